The van der Waals surface area contributed by atoms with Gasteiger partial charge in [0.1, 0.15) is 5.76 Å². The van der Waals surface area contributed by atoms with Gasteiger partial charge < -0.3 is 9.15 Å². The number of hydrogen-bond acceptors (Lipinski definition) is 6. The van der Waals surface area contributed by atoms with Crippen LogP contribution in [0, 0.1) is 6.92 Å². The average Bonchev–Trinajstić information content (AvgIpc) is 2.74. The molecule has 0 unspecified atom stereocenters. The van der Waals surface area contributed by atoms with Gasteiger partial charge in [-0.05, 0) is 13.0 Å². The Hall–Kier alpha value is -1.47. The minimum atomic E-state index is -0.446. The summed E-state index contributed by atoms with van der Waals surface area (Å²) in [7, 11) is 1.36. The second-order valence-corrected chi connectivity index (χ2v) is 4.68. The number of methoxy groups -OCH3 is 1. The molecular formula is C11H16N2O4S. The molecule has 0 aliphatic carbocycles. The van der Waals surface area contributed by atoms with Crippen molar-refractivity contribution in [3.05, 3.63) is 23.2 Å². The zero-order valence-electron chi connectivity index (χ0n) is 10.3. The van der Waals surface area contributed by atoms with Crippen LogP contribution in [-0.4, -0.2) is 24.7 Å². The van der Waals surface area contributed by atoms with Gasteiger partial charge in [0, 0.05) is 11.3 Å². The number of esters is 1. The fraction of sp³-hybridized carbons (Fsp3) is 0.455. The van der Waals surface area contributed by atoms with Crippen molar-refractivity contribution in [1.29, 1.82) is 0 Å². The molecule has 0 aliphatic rings. The summed E-state index contributed by atoms with van der Waals surface area (Å²) >= 11 is 1.53. The summed E-state index contributed by atoms with van der Waals surface area (Å²) in [5.41, 5.74) is 2.76. The molecule has 100 valence electrons. The normalized spacial score (nSPS) is 10.2. The molecule has 18 heavy (non-hydrogen) atoms. The molecule has 0 atom stereocenters. The standard InChI is InChI=1S/C11H16N2O4S/c1-7-5-8(17-10(7)11(15)13-12)6-18-4-3-9(14)16-2/h5H,3-4,6,12H2,1-2H3,(H,13,15). The summed E-state index contributed by atoms with van der Waals surface area (Å²) < 4.78 is 9.90. The van der Waals surface area contributed by atoms with Gasteiger partial charge in [0.2, 0.25) is 0 Å². The van der Waals surface area contributed by atoms with E-state index in [0.29, 0.717) is 23.7 Å². The molecule has 0 spiro atoms. The highest BCUT2D eigenvalue weighted by molar-refractivity contribution is 7.98. The molecule has 0 saturated heterocycles. The summed E-state index contributed by atoms with van der Waals surface area (Å²) in [5.74, 6) is 6.50. The second-order valence-electron chi connectivity index (χ2n) is 3.58. The van der Waals surface area contributed by atoms with E-state index in [2.05, 4.69) is 4.74 Å². The van der Waals surface area contributed by atoms with Gasteiger partial charge in [-0.3, -0.25) is 15.0 Å². The maximum atomic E-state index is 11.3. The lowest BCUT2D eigenvalue weighted by Crippen LogP contribution is -2.30. The summed E-state index contributed by atoms with van der Waals surface area (Å²) in [6, 6.07) is 1.79. The van der Waals surface area contributed by atoms with Crippen molar-refractivity contribution in [1.82, 2.24) is 5.43 Å². The molecule has 7 heteroatoms. The Bertz CT molecular complexity index is 431. The summed E-state index contributed by atoms with van der Waals surface area (Å²) in [5, 5.41) is 0. The molecule has 6 nitrogen and oxygen atoms in total. The fourth-order valence-corrected chi connectivity index (χ4v) is 2.14. The minimum Gasteiger partial charge on any atom is -0.469 e. The SMILES string of the molecule is COC(=O)CCSCc1cc(C)c(C(=O)NN)o1. The van der Waals surface area contributed by atoms with Crippen LogP contribution in [0.4, 0.5) is 0 Å². The lowest BCUT2D eigenvalue weighted by Gasteiger charge is -1.99. The Kier molecular flexibility index (Phi) is 5.73. The number of ether oxygens (including phenoxy) is 1. The van der Waals surface area contributed by atoms with Crippen LogP contribution < -0.4 is 11.3 Å². The van der Waals surface area contributed by atoms with Crippen molar-refractivity contribution in [2.45, 2.75) is 19.1 Å². The van der Waals surface area contributed by atoms with Crippen LogP contribution >= 0.6 is 11.8 Å². The summed E-state index contributed by atoms with van der Waals surface area (Å²) in [6.07, 6.45) is 0.358. The third-order valence-electron chi connectivity index (χ3n) is 2.23. The van der Waals surface area contributed by atoms with Gasteiger partial charge in [-0.15, -0.1) is 0 Å². The number of carbonyl (C=O) groups excluding carboxylic acids is 2. The van der Waals surface area contributed by atoms with Crippen LogP contribution in [0.25, 0.3) is 0 Å². The van der Waals surface area contributed by atoms with Crippen molar-refractivity contribution in [2.24, 2.45) is 5.84 Å². The maximum absolute atomic E-state index is 11.3. The molecule has 0 radical (unpaired) electrons. The van der Waals surface area contributed by atoms with Crippen LogP contribution in [0.3, 0.4) is 0 Å². The second kappa shape index (κ2) is 7.07. The van der Waals surface area contributed by atoms with E-state index in [1.54, 1.807) is 13.0 Å². The van der Waals surface area contributed by atoms with Gasteiger partial charge in [-0.1, -0.05) is 0 Å². The fourth-order valence-electron chi connectivity index (χ4n) is 1.34. The highest BCUT2D eigenvalue weighted by atomic mass is 32.2. The Morgan fingerprint density at radius 3 is 2.89 bits per heavy atom. The first-order valence-electron chi connectivity index (χ1n) is 5.33. The Balaban J connectivity index is 2.44. The van der Waals surface area contributed by atoms with Gasteiger partial charge in [0.05, 0.1) is 19.3 Å². The number of hydrazine groups is 1. The molecular weight excluding hydrogens is 256 g/mol. The lowest BCUT2D eigenvalue weighted by atomic mass is 10.2. The third kappa shape index (κ3) is 4.08. The Morgan fingerprint density at radius 2 is 2.28 bits per heavy atom. The Morgan fingerprint density at radius 1 is 1.56 bits per heavy atom. The molecule has 1 heterocycles. The van der Waals surface area contributed by atoms with E-state index in [1.807, 2.05) is 5.43 Å². The van der Waals surface area contributed by atoms with E-state index in [-0.39, 0.29) is 11.7 Å². The van der Waals surface area contributed by atoms with E-state index in [4.69, 9.17) is 10.3 Å². The number of nitrogens with two attached hydrogens (primary N) is 1. The molecule has 1 rings (SSSR count). The molecule has 0 aromatic carbocycles. The van der Waals surface area contributed by atoms with E-state index in [0.717, 1.165) is 5.56 Å². The smallest absolute Gasteiger partial charge is 0.306 e. The molecule has 1 aromatic heterocycles. The number of rotatable bonds is 6. The van der Waals surface area contributed by atoms with Crippen LogP contribution in [0.15, 0.2) is 10.5 Å². The van der Waals surface area contributed by atoms with Gasteiger partial charge in [-0.2, -0.15) is 11.8 Å². The Labute approximate surface area is 109 Å². The van der Waals surface area contributed by atoms with Crippen molar-refractivity contribution >= 4 is 23.6 Å². The number of nitrogen functional groups attached to an aromatic ring is 1. The number of nitrogens with one attached hydrogen (secondary N) is 1. The molecule has 0 fully saturated rings. The quantitative estimate of drug-likeness (QED) is 0.264. The van der Waals surface area contributed by atoms with E-state index in [9.17, 15) is 9.59 Å². The van der Waals surface area contributed by atoms with E-state index in [1.165, 1.54) is 18.9 Å². The van der Waals surface area contributed by atoms with Gasteiger partial charge in [-0.25, -0.2) is 5.84 Å². The molecule has 0 bridgehead atoms. The monoisotopic (exact) mass is 272 g/mol. The third-order valence-corrected chi connectivity index (χ3v) is 3.21. The van der Waals surface area contributed by atoms with Gasteiger partial charge in [0.25, 0.3) is 0 Å². The van der Waals surface area contributed by atoms with Gasteiger partial charge >= 0.3 is 11.9 Å². The maximum Gasteiger partial charge on any atom is 0.306 e. The predicted molar refractivity (Wildman–Crippen MR) is 67.9 cm³/mol. The van der Waals surface area contributed by atoms with Crippen LogP contribution in [-0.2, 0) is 15.3 Å². The largest absolute Gasteiger partial charge is 0.469 e. The molecule has 3 N–H and O–H groups in total. The van der Waals surface area contributed by atoms with E-state index < -0.39 is 5.91 Å². The van der Waals surface area contributed by atoms with Crippen molar-refractivity contribution in [3.8, 4) is 0 Å². The number of hydrogen-bond donors (Lipinski definition) is 2. The summed E-state index contributed by atoms with van der Waals surface area (Å²) in [4.78, 5) is 22.2. The number of furan rings is 1. The average molecular weight is 272 g/mol. The van der Waals surface area contributed by atoms with Crippen LogP contribution in [0.1, 0.15) is 28.3 Å². The lowest BCUT2D eigenvalue weighted by molar-refractivity contribution is -0.140. The van der Waals surface area contributed by atoms with Crippen LogP contribution in [0.2, 0.25) is 0 Å². The highest BCUT2D eigenvalue weighted by Gasteiger charge is 2.14. The zero-order chi connectivity index (χ0) is 13.5. The van der Waals surface area contributed by atoms with Crippen molar-refractivity contribution < 1.29 is 18.7 Å². The van der Waals surface area contributed by atoms with Crippen LogP contribution in [0.5, 0.6) is 0 Å². The summed E-state index contributed by atoms with van der Waals surface area (Å²) in [6.45, 7) is 1.77. The predicted octanol–water partition coefficient (Wildman–Crippen LogP) is 0.988. The van der Waals surface area contributed by atoms with E-state index >= 15 is 0 Å². The molecule has 1 aromatic rings. The number of aryl methyl sites for hydroxylation is 1. The van der Waals surface area contributed by atoms with Crippen molar-refractivity contribution in [3.63, 3.8) is 0 Å². The minimum absolute atomic E-state index is 0.223. The number of thioether (sulfide) groups is 1. The number of carbonyl (C=O) groups is 2. The first-order chi connectivity index (χ1) is 8.58. The number of amides is 1. The topological polar surface area (TPSA) is 94.6 Å². The van der Waals surface area contributed by atoms with Gasteiger partial charge in [0.15, 0.2) is 5.76 Å². The molecule has 0 saturated carbocycles. The molecule has 1 amide bonds. The first kappa shape index (κ1) is 14.6. The molecule has 0 aliphatic heterocycles. The highest BCUT2D eigenvalue weighted by Crippen LogP contribution is 2.19. The van der Waals surface area contributed by atoms with Crippen molar-refractivity contribution in [2.75, 3.05) is 12.9 Å². The first-order valence-corrected chi connectivity index (χ1v) is 6.48. The zero-order valence-corrected chi connectivity index (χ0v) is 11.1.